The van der Waals surface area contributed by atoms with Crippen LogP contribution in [0.5, 0.6) is 0 Å². The Hall–Kier alpha value is -0.380. The molecule has 0 aromatic carbocycles. The quantitative estimate of drug-likeness (QED) is 0.651. The smallest absolute Gasteiger partial charge is 0.155 e. The summed E-state index contributed by atoms with van der Waals surface area (Å²) in [5.41, 5.74) is 0.611. The van der Waals surface area contributed by atoms with Gasteiger partial charge in [0.05, 0.1) is 5.56 Å². The maximum Gasteiger partial charge on any atom is 0.155 e. The molecule has 0 saturated carbocycles. The summed E-state index contributed by atoms with van der Waals surface area (Å²) in [5.74, 6) is 0.694. The summed E-state index contributed by atoms with van der Waals surface area (Å²) in [6.07, 6.45) is 0.334. The first-order chi connectivity index (χ1) is 4.79. The lowest BCUT2D eigenvalue weighted by molar-refractivity contribution is 0.335. The van der Waals surface area contributed by atoms with E-state index >= 15 is 0 Å². The van der Waals surface area contributed by atoms with Gasteiger partial charge in [-0.05, 0) is 22.4 Å². The Morgan fingerprint density at radius 2 is 2.50 bits per heavy atom. The fraction of sp³-hybridized carbons (Fsp3) is 0.500. The fourth-order valence-corrected chi connectivity index (χ4v) is 1.74. The molecular formula is C6H5BrFNO. The van der Waals surface area contributed by atoms with Gasteiger partial charge in [0.15, 0.2) is 4.60 Å². The van der Waals surface area contributed by atoms with E-state index in [1.54, 1.807) is 0 Å². The number of aryl methyl sites for hydroxylation is 1. The van der Waals surface area contributed by atoms with E-state index in [0.29, 0.717) is 28.8 Å². The Bertz CT molecular complexity index is 260. The molecule has 4 heteroatoms. The van der Waals surface area contributed by atoms with Gasteiger partial charge in [-0.15, -0.1) is 0 Å². The maximum absolute atomic E-state index is 12.9. The van der Waals surface area contributed by atoms with Crippen molar-refractivity contribution in [2.45, 2.75) is 19.0 Å². The van der Waals surface area contributed by atoms with Crippen LogP contribution in [-0.2, 0) is 6.42 Å². The van der Waals surface area contributed by atoms with E-state index in [9.17, 15) is 4.39 Å². The van der Waals surface area contributed by atoms with Crippen molar-refractivity contribution in [3.8, 4) is 0 Å². The molecule has 2 rings (SSSR count). The van der Waals surface area contributed by atoms with Gasteiger partial charge in [0.25, 0.3) is 0 Å². The van der Waals surface area contributed by atoms with E-state index in [1.165, 1.54) is 0 Å². The van der Waals surface area contributed by atoms with Crippen LogP contribution in [0.4, 0.5) is 4.39 Å². The molecule has 0 amide bonds. The number of aromatic nitrogens is 1. The van der Waals surface area contributed by atoms with Gasteiger partial charge < -0.3 is 4.52 Å². The predicted octanol–water partition coefficient (Wildman–Crippen LogP) is 2.39. The summed E-state index contributed by atoms with van der Waals surface area (Å²) in [6.45, 7) is 0. The Kier molecular flexibility index (Phi) is 1.30. The highest BCUT2D eigenvalue weighted by molar-refractivity contribution is 9.10. The van der Waals surface area contributed by atoms with E-state index in [-0.39, 0.29) is 0 Å². The average Bonchev–Trinajstić information content (AvgIpc) is 2.40. The van der Waals surface area contributed by atoms with Crippen LogP contribution < -0.4 is 0 Å². The van der Waals surface area contributed by atoms with Crippen molar-refractivity contribution in [1.29, 1.82) is 0 Å². The molecule has 0 spiro atoms. The second-order valence-corrected chi connectivity index (χ2v) is 3.07. The zero-order valence-electron chi connectivity index (χ0n) is 5.10. The molecule has 0 N–H and O–H groups in total. The van der Waals surface area contributed by atoms with E-state index in [2.05, 4.69) is 21.1 Å². The second-order valence-electron chi connectivity index (χ2n) is 2.32. The van der Waals surface area contributed by atoms with E-state index in [1.807, 2.05) is 0 Å². The number of rotatable bonds is 0. The standard InChI is InChI=1S/C6H5BrFNO/c7-6-5-3(8)1-2-4(5)10-9-6/h3H,1-2H2. The van der Waals surface area contributed by atoms with Crippen LogP contribution in [0.25, 0.3) is 0 Å². The van der Waals surface area contributed by atoms with Gasteiger partial charge in [0, 0.05) is 6.42 Å². The molecule has 54 valence electrons. The molecule has 1 heterocycles. The van der Waals surface area contributed by atoms with E-state index in [0.717, 1.165) is 0 Å². The Morgan fingerprint density at radius 1 is 1.70 bits per heavy atom. The third-order valence-corrected chi connectivity index (χ3v) is 2.27. The molecule has 0 saturated heterocycles. The molecule has 1 aliphatic rings. The van der Waals surface area contributed by atoms with Crippen LogP contribution in [0.1, 0.15) is 23.9 Å². The van der Waals surface area contributed by atoms with Crippen LogP contribution in [-0.4, -0.2) is 5.16 Å². The number of alkyl halides is 1. The number of nitrogens with zero attached hydrogens (tertiary/aromatic N) is 1. The Labute approximate surface area is 65.5 Å². The average molecular weight is 206 g/mol. The molecule has 1 aromatic rings. The minimum Gasteiger partial charge on any atom is -0.360 e. The van der Waals surface area contributed by atoms with Gasteiger partial charge in [-0.1, -0.05) is 5.16 Å². The molecule has 1 unspecified atom stereocenters. The van der Waals surface area contributed by atoms with Crippen LogP contribution >= 0.6 is 15.9 Å². The first-order valence-corrected chi connectivity index (χ1v) is 3.86. The van der Waals surface area contributed by atoms with Gasteiger partial charge >= 0.3 is 0 Å². The SMILES string of the molecule is FC1CCc2onc(Br)c21. The van der Waals surface area contributed by atoms with E-state index < -0.39 is 6.17 Å². The summed E-state index contributed by atoms with van der Waals surface area (Å²) >= 11 is 3.11. The van der Waals surface area contributed by atoms with Crippen molar-refractivity contribution >= 4 is 15.9 Å². The van der Waals surface area contributed by atoms with Crippen molar-refractivity contribution in [3.63, 3.8) is 0 Å². The molecule has 1 aliphatic carbocycles. The minimum absolute atomic E-state index is 0.521. The summed E-state index contributed by atoms with van der Waals surface area (Å²) < 4.78 is 18.2. The topological polar surface area (TPSA) is 26.0 Å². The van der Waals surface area contributed by atoms with Gasteiger partial charge in [-0.3, -0.25) is 0 Å². The molecular weight excluding hydrogens is 201 g/mol. The summed E-state index contributed by atoms with van der Waals surface area (Å²) in [7, 11) is 0. The van der Waals surface area contributed by atoms with Crippen molar-refractivity contribution < 1.29 is 8.91 Å². The van der Waals surface area contributed by atoms with Gasteiger partial charge in [-0.25, -0.2) is 4.39 Å². The van der Waals surface area contributed by atoms with Crippen LogP contribution in [0.2, 0.25) is 0 Å². The zero-order valence-corrected chi connectivity index (χ0v) is 6.69. The van der Waals surface area contributed by atoms with E-state index in [4.69, 9.17) is 4.52 Å². The highest BCUT2D eigenvalue weighted by Crippen LogP contribution is 2.38. The number of halogens is 2. The predicted molar refractivity (Wildman–Crippen MR) is 36.4 cm³/mol. The summed E-state index contributed by atoms with van der Waals surface area (Å²) in [6, 6.07) is 0. The van der Waals surface area contributed by atoms with Crippen molar-refractivity contribution in [2.24, 2.45) is 0 Å². The van der Waals surface area contributed by atoms with Gasteiger partial charge in [0.1, 0.15) is 11.9 Å². The molecule has 2 nitrogen and oxygen atoms in total. The Balaban J connectivity index is 2.54. The molecule has 1 aromatic heterocycles. The summed E-state index contributed by atoms with van der Waals surface area (Å²) in [5, 5.41) is 3.59. The van der Waals surface area contributed by atoms with Crippen molar-refractivity contribution in [2.75, 3.05) is 0 Å². The van der Waals surface area contributed by atoms with Gasteiger partial charge in [-0.2, -0.15) is 0 Å². The molecule has 0 radical (unpaired) electrons. The van der Waals surface area contributed by atoms with Crippen molar-refractivity contribution in [1.82, 2.24) is 5.16 Å². The molecule has 1 atom stereocenters. The van der Waals surface area contributed by atoms with Crippen LogP contribution in [0.15, 0.2) is 9.13 Å². The molecule has 0 fully saturated rings. The second kappa shape index (κ2) is 2.05. The largest absolute Gasteiger partial charge is 0.360 e. The Morgan fingerprint density at radius 3 is 3.20 bits per heavy atom. The molecule has 10 heavy (non-hydrogen) atoms. The third kappa shape index (κ3) is 0.714. The highest BCUT2D eigenvalue weighted by Gasteiger charge is 2.29. The number of hydrogen-bond acceptors (Lipinski definition) is 2. The lowest BCUT2D eigenvalue weighted by Crippen LogP contribution is -1.81. The minimum atomic E-state index is -0.879. The van der Waals surface area contributed by atoms with Crippen molar-refractivity contribution in [3.05, 3.63) is 15.9 Å². The first-order valence-electron chi connectivity index (χ1n) is 3.07. The number of fused-ring (bicyclic) bond motifs is 1. The molecule has 0 aliphatic heterocycles. The monoisotopic (exact) mass is 205 g/mol. The van der Waals surface area contributed by atoms with Crippen LogP contribution in [0, 0.1) is 0 Å². The first kappa shape index (κ1) is 6.34. The fourth-order valence-electron chi connectivity index (χ4n) is 1.19. The third-order valence-electron chi connectivity index (χ3n) is 1.70. The molecule has 0 bridgehead atoms. The lowest BCUT2D eigenvalue weighted by atomic mass is 10.3. The van der Waals surface area contributed by atoms with Gasteiger partial charge in [0.2, 0.25) is 0 Å². The lowest BCUT2D eigenvalue weighted by Gasteiger charge is -1.92. The maximum atomic E-state index is 12.9. The van der Waals surface area contributed by atoms with Crippen LogP contribution in [0.3, 0.4) is 0 Å². The highest BCUT2D eigenvalue weighted by atomic mass is 79.9. The number of hydrogen-bond donors (Lipinski definition) is 0. The normalized spacial score (nSPS) is 23.2. The summed E-state index contributed by atoms with van der Waals surface area (Å²) in [4.78, 5) is 0. The zero-order chi connectivity index (χ0) is 7.14.